The number of hydrogen-bond donors (Lipinski definition) is 2. The predicted molar refractivity (Wildman–Crippen MR) is 104 cm³/mol. The molecule has 3 rings (SSSR count). The van der Waals surface area contributed by atoms with Crippen molar-refractivity contribution in [3.8, 4) is 0 Å². The molecule has 27 heavy (non-hydrogen) atoms. The van der Waals surface area contributed by atoms with Gasteiger partial charge in [-0.25, -0.2) is 4.39 Å². The first-order valence-electron chi connectivity index (χ1n) is 10.3. The average Bonchev–Trinajstić information content (AvgIpc) is 2.72. The summed E-state index contributed by atoms with van der Waals surface area (Å²) < 4.78 is 13.3. The number of carbonyl (C=O) groups excluding carboxylic acids is 2. The first kappa shape index (κ1) is 20.0. The molecule has 2 saturated carbocycles. The third-order valence-electron chi connectivity index (χ3n) is 6.69. The van der Waals surface area contributed by atoms with E-state index in [1.165, 1.54) is 18.6 Å². The number of carbonyl (C=O) groups is 2. The SMILES string of the molecule is NC(C(=O)NCC1(c2ccc(F)cc2)CCCCC1)C1CCC(C=O)CC1. The molecule has 3 N–H and O–H groups in total. The molecule has 2 fully saturated rings. The molecule has 1 amide bonds. The molecule has 0 saturated heterocycles. The van der Waals surface area contributed by atoms with Crippen LogP contribution in [0.25, 0.3) is 0 Å². The summed E-state index contributed by atoms with van der Waals surface area (Å²) in [5, 5.41) is 3.10. The molecular weight excluding hydrogens is 343 g/mol. The zero-order chi connectivity index (χ0) is 19.3. The number of aldehydes is 1. The van der Waals surface area contributed by atoms with Crippen molar-refractivity contribution in [3.05, 3.63) is 35.6 Å². The molecular formula is C22H31FN2O2. The van der Waals surface area contributed by atoms with Crippen molar-refractivity contribution >= 4 is 12.2 Å². The van der Waals surface area contributed by atoms with Gasteiger partial charge >= 0.3 is 0 Å². The number of nitrogens with one attached hydrogen (secondary N) is 1. The van der Waals surface area contributed by atoms with Crippen LogP contribution in [-0.2, 0) is 15.0 Å². The van der Waals surface area contributed by atoms with E-state index in [0.29, 0.717) is 6.54 Å². The van der Waals surface area contributed by atoms with Gasteiger partial charge in [0.05, 0.1) is 6.04 Å². The zero-order valence-electron chi connectivity index (χ0n) is 16.0. The summed E-state index contributed by atoms with van der Waals surface area (Å²) in [5.74, 6) is -0.0619. The fourth-order valence-electron chi connectivity index (χ4n) is 4.83. The van der Waals surface area contributed by atoms with Crippen LogP contribution in [0.1, 0.15) is 63.4 Å². The Labute approximate surface area is 161 Å². The lowest BCUT2D eigenvalue weighted by atomic mass is 9.69. The third kappa shape index (κ3) is 4.75. The number of halogens is 1. The van der Waals surface area contributed by atoms with Crippen LogP contribution in [0.3, 0.4) is 0 Å². The quantitative estimate of drug-likeness (QED) is 0.749. The second-order valence-electron chi connectivity index (χ2n) is 8.40. The van der Waals surface area contributed by atoms with Crippen LogP contribution in [0.15, 0.2) is 24.3 Å². The lowest BCUT2D eigenvalue weighted by Gasteiger charge is -2.39. The number of hydrogen-bond acceptors (Lipinski definition) is 3. The normalized spacial score (nSPS) is 26.1. The molecule has 0 aromatic heterocycles. The molecule has 0 radical (unpaired) electrons. The highest BCUT2D eigenvalue weighted by Crippen LogP contribution is 2.39. The Hall–Kier alpha value is -1.75. The Balaban J connectivity index is 1.62. The van der Waals surface area contributed by atoms with Gasteiger partial charge in [0, 0.05) is 17.9 Å². The van der Waals surface area contributed by atoms with Gasteiger partial charge in [0.15, 0.2) is 0 Å². The van der Waals surface area contributed by atoms with Gasteiger partial charge in [-0.05, 0) is 62.1 Å². The molecule has 1 aromatic carbocycles. The monoisotopic (exact) mass is 374 g/mol. The first-order chi connectivity index (χ1) is 13.0. The third-order valence-corrected chi connectivity index (χ3v) is 6.69. The number of amides is 1. The highest BCUT2D eigenvalue weighted by Gasteiger charge is 2.36. The fraction of sp³-hybridized carbons (Fsp3) is 0.636. The lowest BCUT2D eigenvalue weighted by molar-refractivity contribution is -0.124. The Morgan fingerprint density at radius 1 is 1.15 bits per heavy atom. The van der Waals surface area contributed by atoms with E-state index >= 15 is 0 Å². The van der Waals surface area contributed by atoms with Gasteiger partial charge in [-0.3, -0.25) is 4.79 Å². The van der Waals surface area contributed by atoms with Crippen molar-refractivity contribution in [2.24, 2.45) is 17.6 Å². The molecule has 2 aliphatic carbocycles. The van der Waals surface area contributed by atoms with Crippen molar-refractivity contribution in [2.75, 3.05) is 6.54 Å². The van der Waals surface area contributed by atoms with Gasteiger partial charge < -0.3 is 15.8 Å². The summed E-state index contributed by atoms with van der Waals surface area (Å²) in [4.78, 5) is 23.6. The minimum Gasteiger partial charge on any atom is -0.354 e. The smallest absolute Gasteiger partial charge is 0.237 e. The molecule has 148 valence electrons. The Morgan fingerprint density at radius 2 is 1.78 bits per heavy atom. The summed E-state index contributed by atoms with van der Waals surface area (Å²) in [5.41, 5.74) is 7.22. The van der Waals surface area contributed by atoms with Crippen LogP contribution >= 0.6 is 0 Å². The molecule has 1 atom stereocenters. The summed E-state index contributed by atoms with van der Waals surface area (Å²) in [7, 11) is 0. The van der Waals surface area contributed by atoms with E-state index in [2.05, 4.69) is 5.32 Å². The van der Waals surface area contributed by atoms with Crippen LogP contribution in [0.5, 0.6) is 0 Å². The number of benzene rings is 1. The molecule has 0 heterocycles. The van der Waals surface area contributed by atoms with Gasteiger partial charge in [0.1, 0.15) is 12.1 Å². The van der Waals surface area contributed by atoms with E-state index in [0.717, 1.165) is 63.2 Å². The number of nitrogens with two attached hydrogens (primary N) is 1. The molecule has 2 aliphatic rings. The second-order valence-corrected chi connectivity index (χ2v) is 8.40. The van der Waals surface area contributed by atoms with Gasteiger partial charge in [-0.2, -0.15) is 0 Å². The van der Waals surface area contributed by atoms with Crippen molar-refractivity contribution in [3.63, 3.8) is 0 Å². The maximum Gasteiger partial charge on any atom is 0.237 e. The number of rotatable bonds is 6. The average molecular weight is 375 g/mol. The van der Waals surface area contributed by atoms with E-state index in [-0.39, 0.29) is 29.0 Å². The highest BCUT2D eigenvalue weighted by molar-refractivity contribution is 5.82. The van der Waals surface area contributed by atoms with E-state index in [1.807, 2.05) is 12.1 Å². The van der Waals surface area contributed by atoms with Crippen LogP contribution < -0.4 is 11.1 Å². The van der Waals surface area contributed by atoms with Gasteiger partial charge in [-0.1, -0.05) is 31.4 Å². The Kier molecular flexibility index (Phi) is 6.64. The topological polar surface area (TPSA) is 72.2 Å². The second kappa shape index (κ2) is 8.96. The van der Waals surface area contributed by atoms with Gasteiger partial charge in [-0.15, -0.1) is 0 Å². The maximum absolute atomic E-state index is 13.3. The highest BCUT2D eigenvalue weighted by atomic mass is 19.1. The van der Waals surface area contributed by atoms with Crippen molar-refractivity contribution in [1.82, 2.24) is 5.32 Å². The van der Waals surface area contributed by atoms with E-state index < -0.39 is 6.04 Å². The van der Waals surface area contributed by atoms with E-state index in [9.17, 15) is 14.0 Å². The van der Waals surface area contributed by atoms with Crippen molar-refractivity contribution < 1.29 is 14.0 Å². The summed E-state index contributed by atoms with van der Waals surface area (Å²) in [6, 6.07) is 6.20. The maximum atomic E-state index is 13.3. The van der Waals surface area contributed by atoms with Crippen LogP contribution in [-0.4, -0.2) is 24.8 Å². The molecule has 4 nitrogen and oxygen atoms in total. The van der Waals surface area contributed by atoms with Crippen LogP contribution in [0.2, 0.25) is 0 Å². The molecule has 0 aliphatic heterocycles. The first-order valence-corrected chi connectivity index (χ1v) is 10.3. The van der Waals surface area contributed by atoms with Gasteiger partial charge in [0.2, 0.25) is 5.91 Å². The minimum absolute atomic E-state index is 0.100. The summed E-state index contributed by atoms with van der Waals surface area (Å²) in [6.45, 7) is 0.550. The summed E-state index contributed by atoms with van der Waals surface area (Å²) >= 11 is 0. The molecule has 1 aromatic rings. The van der Waals surface area contributed by atoms with Crippen molar-refractivity contribution in [2.45, 2.75) is 69.2 Å². The molecule has 0 bridgehead atoms. The largest absolute Gasteiger partial charge is 0.354 e. The Morgan fingerprint density at radius 3 is 2.37 bits per heavy atom. The molecule has 1 unspecified atom stereocenters. The van der Waals surface area contributed by atoms with E-state index in [1.54, 1.807) is 0 Å². The lowest BCUT2D eigenvalue weighted by Crippen LogP contribution is -2.50. The standard InChI is InChI=1S/C22H31FN2O2/c23-19-10-8-18(9-11-19)22(12-2-1-3-13-22)15-25-21(27)20(24)17-6-4-16(14-26)5-7-17/h8-11,14,16-17,20H,1-7,12-13,15,24H2,(H,25,27). The van der Waals surface area contributed by atoms with Gasteiger partial charge in [0.25, 0.3) is 0 Å². The zero-order valence-corrected chi connectivity index (χ0v) is 16.0. The van der Waals surface area contributed by atoms with E-state index in [4.69, 9.17) is 5.73 Å². The van der Waals surface area contributed by atoms with Crippen LogP contribution in [0, 0.1) is 17.7 Å². The van der Waals surface area contributed by atoms with Crippen LogP contribution in [0.4, 0.5) is 4.39 Å². The Bertz CT molecular complexity index is 632. The summed E-state index contributed by atoms with van der Waals surface area (Å²) in [6.07, 6.45) is 9.79. The predicted octanol–water partition coefficient (Wildman–Crippen LogP) is 3.48. The molecule has 5 heteroatoms. The van der Waals surface area contributed by atoms with Crippen molar-refractivity contribution in [1.29, 1.82) is 0 Å². The minimum atomic E-state index is -0.522. The fourth-order valence-corrected chi connectivity index (χ4v) is 4.83. The molecule has 0 spiro atoms.